The molecule has 0 saturated heterocycles. The first-order valence-electron chi connectivity index (χ1n) is 6.46. The lowest BCUT2D eigenvalue weighted by atomic mass is 9.97. The van der Waals surface area contributed by atoms with Gasteiger partial charge in [-0.2, -0.15) is 0 Å². The van der Waals surface area contributed by atoms with Crippen LogP contribution in [0.1, 0.15) is 37.9 Å². The van der Waals surface area contributed by atoms with E-state index in [-0.39, 0.29) is 0 Å². The summed E-state index contributed by atoms with van der Waals surface area (Å²) in [6, 6.07) is 0.498. The molecule has 1 aliphatic carbocycles. The van der Waals surface area contributed by atoms with E-state index in [0.717, 1.165) is 25.3 Å². The fourth-order valence-corrected chi connectivity index (χ4v) is 2.11. The molecule has 0 aliphatic heterocycles. The largest absolute Gasteiger partial charge is 0.476 e. The van der Waals surface area contributed by atoms with E-state index < -0.39 is 0 Å². The highest BCUT2D eigenvalue weighted by Crippen LogP contribution is 2.25. The minimum absolute atomic E-state index is 0.498. The number of rotatable bonds is 5. The van der Waals surface area contributed by atoms with Gasteiger partial charge in [0.05, 0.1) is 5.69 Å². The van der Waals surface area contributed by atoms with Gasteiger partial charge in [-0.1, -0.05) is 13.8 Å². The normalized spacial score (nSPS) is 14.8. The highest BCUT2D eigenvalue weighted by Gasteiger charge is 2.16. The Labute approximate surface area is 103 Å². The highest BCUT2D eigenvalue weighted by molar-refractivity contribution is 5.31. The quantitative estimate of drug-likeness (QED) is 0.790. The molecule has 0 bridgehead atoms. The molecule has 17 heavy (non-hydrogen) atoms. The molecule has 0 fully saturated rings. The molecule has 1 aromatic rings. The molecule has 0 atom stereocenters. The molecule has 0 amide bonds. The zero-order valence-corrected chi connectivity index (χ0v) is 10.7. The second-order valence-electron chi connectivity index (χ2n) is 4.77. The van der Waals surface area contributed by atoms with Crippen molar-refractivity contribution >= 4 is 0 Å². The SMILES string of the molecule is CC(C)NCCOc1ncnc2c1CCCC2. The van der Waals surface area contributed by atoms with E-state index in [4.69, 9.17) is 4.74 Å². The van der Waals surface area contributed by atoms with Gasteiger partial charge in [-0.15, -0.1) is 0 Å². The maximum absolute atomic E-state index is 5.74. The topological polar surface area (TPSA) is 47.0 Å². The summed E-state index contributed by atoms with van der Waals surface area (Å²) in [4.78, 5) is 8.58. The summed E-state index contributed by atoms with van der Waals surface area (Å²) in [6.45, 7) is 5.79. The smallest absolute Gasteiger partial charge is 0.219 e. The number of nitrogens with zero attached hydrogens (tertiary/aromatic N) is 2. The molecule has 1 aliphatic rings. The van der Waals surface area contributed by atoms with Crippen molar-refractivity contribution in [3.63, 3.8) is 0 Å². The Bertz CT molecular complexity index is 366. The van der Waals surface area contributed by atoms with Crippen molar-refractivity contribution in [2.24, 2.45) is 0 Å². The molecular weight excluding hydrogens is 214 g/mol. The summed E-state index contributed by atoms with van der Waals surface area (Å²) in [6.07, 6.45) is 6.20. The van der Waals surface area contributed by atoms with E-state index in [1.807, 2.05) is 0 Å². The Hall–Kier alpha value is -1.16. The molecule has 0 unspecified atom stereocenters. The van der Waals surface area contributed by atoms with Gasteiger partial charge in [0.15, 0.2) is 0 Å². The predicted molar refractivity (Wildman–Crippen MR) is 67.3 cm³/mol. The van der Waals surface area contributed by atoms with Gasteiger partial charge in [-0.3, -0.25) is 0 Å². The van der Waals surface area contributed by atoms with Gasteiger partial charge in [0.25, 0.3) is 0 Å². The third-order valence-corrected chi connectivity index (χ3v) is 2.98. The monoisotopic (exact) mass is 235 g/mol. The van der Waals surface area contributed by atoms with E-state index in [0.29, 0.717) is 12.6 Å². The van der Waals surface area contributed by atoms with Crippen molar-refractivity contribution in [2.75, 3.05) is 13.2 Å². The van der Waals surface area contributed by atoms with E-state index in [1.165, 1.54) is 24.1 Å². The van der Waals surface area contributed by atoms with Gasteiger partial charge in [0.2, 0.25) is 5.88 Å². The third kappa shape index (κ3) is 3.40. The summed E-state index contributed by atoms with van der Waals surface area (Å²) in [5.74, 6) is 0.792. The van der Waals surface area contributed by atoms with Crippen LogP contribution in [0.2, 0.25) is 0 Å². The molecule has 0 spiro atoms. The number of fused-ring (bicyclic) bond motifs is 1. The Morgan fingerprint density at radius 2 is 2.12 bits per heavy atom. The van der Waals surface area contributed by atoms with Gasteiger partial charge >= 0.3 is 0 Å². The Morgan fingerprint density at radius 1 is 1.29 bits per heavy atom. The number of ether oxygens (including phenoxy) is 1. The van der Waals surface area contributed by atoms with Gasteiger partial charge in [0.1, 0.15) is 12.9 Å². The van der Waals surface area contributed by atoms with Crippen molar-refractivity contribution in [3.05, 3.63) is 17.6 Å². The van der Waals surface area contributed by atoms with Gasteiger partial charge in [-0.25, -0.2) is 9.97 Å². The molecule has 1 aromatic heterocycles. The lowest BCUT2D eigenvalue weighted by molar-refractivity contribution is 0.292. The van der Waals surface area contributed by atoms with Crippen LogP contribution in [0.5, 0.6) is 5.88 Å². The Kier molecular flexibility index (Phi) is 4.31. The van der Waals surface area contributed by atoms with Crippen LogP contribution in [-0.4, -0.2) is 29.2 Å². The summed E-state index contributed by atoms with van der Waals surface area (Å²) in [5, 5.41) is 3.33. The van der Waals surface area contributed by atoms with Crippen molar-refractivity contribution in [1.82, 2.24) is 15.3 Å². The van der Waals surface area contributed by atoms with Crippen molar-refractivity contribution < 1.29 is 4.74 Å². The van der Waals surface area contributed by atoms with Gasteiger partial charge in [-0.05, 0) is 25.7 Å². The van der Waals surface area contributed by atoms with Crippen molar-refractivity contribution in [1.29, 1.82) is 0 Å². The van der Waals surface area contributed by atoms with Crippen LogP contribution in [0, 0.1) is 0 Å². The van der Waals surface area contributed by atoms with Crippen LogP contribution in [-0.2, 0) is 12.8 Å². The van der Waals surface area contributed by atoms with Gasteiger partial charge < -0.3 is 10.1 Å². The molecule has 4 heteroatoms. The zero-order valence-electron chi connectivity index (χ0n) is 10.7. The fourth-order valence-electron chi connectivity index (χ4n) is 2.11. The average Bonchev–Trinajstić information content (AvgIpc) is 2.34. The summed E-state index contributed by atoms with van der Waals surface area (Å²) >= 11 is 0. The highest BCUT2D eigenvalue weighted by atomic mass is 16.5. The maximum Gasteiger partial charge on any atom is 0.219 e. The van der Waals surface area contributed by atoms with E-state index in [1.54, 1.807) is 6.33 Å². The second kappa shape index (κ2) is 5.96. The lowest BCUT2D eigenvalue weighted by Crippen LogP contribution is -2.28. The molecule has 2 rings (SSSR count). The number of aromatic nitrogens is 2. The molecule has 0 saturated carbocycles. The van der Waals surface area contributed by atoms with Crippen molar-refractivity contribution in [2.45, 2.75) is 45.6 Å². The van der Waals surface area contributed by atoms with Crippen LogP contribution < -0.4 is 10.1 Å². The van der Waals surface area contributed by atoms with Crippen LogP contribution in [0.25, 0.3) is 0 Å². The molecule has 94 valence electrons. The van der Waals surface area contributed by atoms with Crippen LogP contribution in [0.15, 0.2) is 6.33 Å². The maximum atomic E-state index is 5.74. The van der Waals surface area contributed by atoms with E-state index in [2.05, 4.69) is 29.1 Å². The molecule has 0 aromatic carbocycles. The molecule has 1 N–H and O–H groups in total. The first-order valence-corrected chi connectivity index (χ1v) is 6.46. The summed E-state index contributed by atoms with van der Waals surface area (Å²) in [7, 11) is 0. The lowest BCUT2D eigenvalue weighted by Gasteiger charge is -2.17. The van der Waals surface area contributed by atoms with Crippen molar-refractivity contribution in [3.8, 4) is 5.88 Å². The minimum atomic E-state index is 0.498. The number of hydrogen-bond acceptors (Lipinski definition) is 4. The van der Waals surface area contributed by atoms with Crippen LogP contribution in [0.3, 0.4) is 0 Å². The third-order valence-electron chi connectivity index (χ3n) is 2.98. The predicted octanol–water partition coefficient (Wildman–Crippen LogP) is 1.73. The van der Waals surface area contributed by atoms with Gasteiger partial charge in [0, 0.05) is 18.2 Å². The fraction of sp³-hybridized carbons (Fsp3) is 0.692. The average molecular weight is 235 g/mol. The molecule has 4 nitrogen and oxygen atoms in total. The first-order chi connectivity index (χ1) is 8.27. The summed E-state index contributed by atoms with van der Waals surface area (Å²) in [5.41, 5.74) is 2.40. The number of aryl methyl sites for hydroxylation is 1. The van der Waals surface area contributed by atoms with Crippen LogP contribution >= 0.6 is 0 Å². The summed E-state index contributed by atoms with van der Waals surface area (Å²) < 4.78 is 5.74. The van der Waals surface area contributed by atoms with E-state index >= 15 is 0 Å². The molecule has 0 radical (unpaired) electrons. The first kappa shape index (κ1) is 12.3. The zero-order chi connectivity index (χ0) is 12.1. The number of hydrogen-bond donors (Lipinski definition) is 1. The Morgan fingerprint density at radius 3 is 2.94 bits per heavy atom. The second-order valence-corrected chi connectivity index (χ2v) is 4.77. The molecular formula is C13H21N3O. The minimum Gasteiger partial charge on any atom is -0.476 e. The number of nitrogens with one attached hydrogen (secondary N) is 1. The van der Waals surface area contributed by atoms with Crippen LogP contribution in [0.4, 0.5) is 0 Å². The molecule has 1 heterocycles. The van der Waals surface area contributed by atoms with E-state index in [9.17, 15) is 0 Å². The standard InChI is InChI=1S/C13H21N3O/c1-10(2)14-7-8-17-13-11-5-3-4-6-12(11)15-9-16-13/h9-10,14H,3-8H2,1-2H3. The Balaban J connectivity index is 1.92.